The number of likely N-dealkylation sites (tertiary alicyclic amines) is 1. The highest BCUT2D eigenvalue weighted by Gasteiger charge is 2.15. The van der Waals surface area contributed by atoms with Gasteiger partial charge in [0.2, 0.25) is 0 Å². The van der Waals surface area contributed by atoms with Crippen LogP contribution < -0.4 is 0 Å². The predicted molar refractivity (Wildman–Crippen MR) is 86.6 cm³/mol. The van der Waals surface area contributed by atoms with E-state index in [1.165, 1.54) is 0 Å². The lowest BCUT2D eigenvalue weighted by Gasteiger charge is -2.26. The lowest BCUT2D eigenvalue weighted by Crippen LogP contribution is -2.29. The number of benzene rings is 1. The van der Waals surface area contributed by atoms with Crippen LogP contribution in [0, 0.1) is 5.92 Å². The normalized spacial score (nSPS) is 17.8. The average molecular weight is 282 g/mol. The van der Waals surface area contributed by atoms with Crippen molar-refractivity contribution in [2.45, 2.75) is 12.8 Å². The van der Waals surface area contributed by atoms with Crippen LogP contribution in [0.15, 0.2) is 42.6 Å². The van der Waals surface area contributed by atoms with Gasteiger partial charge in [-0.15, -0.1) is 0 Å². The fourth-order valence-corrected chi connectivity index (χ4v) is 3.07. The van der Waals surface area contributed by atoms with Crippen LogP contribution in [0.2, 0.25) is 0 Å². The first kappa shape index (κ1) is 14.1. The third-order valence-corrected chi connectivity index (χ3v) is 4.45. The van der Waals surface area contributed by atoms with Crippen molar-refractivity contribution in [3.05, 3.63) is 48.2 Å². The van der Waals surface area contributed by atoms with Gasteiger partial charge in [0.15, 0.2) is 5.78 Å². The number of carbonyl (C=O) groups excluding carboxylic acids is 1. The number of para-hydroxylation sites is 1. The van der Waals surface area contributed by atoms with Crippen molar-refractivity contribution >= 4 is 16.7 Å². The zero-order chi connectivity index (χ0) is 14.8. The van der Waals surface area contributed by atoms with Gasteiger partial charge in [0.1, 0.15) is 0 Å². The van der Waals surface area contributed by atoms with Crippen LogP contribution in [0.5, 0.6) is 0 Å². The fourth-order valence-electron chi connectivity index (χ4n) is 3.07. The fraction of sp³-hybridized carbons (Fsp3) is 0.389. The molecule has 0 unspecified atom stereocenters. The van der Waals surface area contributed by atoms with Gasteiger partial charge >= 0.3 is 0 Å². The molecule has 1 fully saturated rings. The highest BCUT2D eigenvalue weighted by atomic mass is 16.1. The molecule has 0 saturated carbocycles. The molecule has 21 heavy (non-hydrogen) atoms. The van der Waals surface area contributed by atoms with Crippen LogP contribution in [0.3, 0.4) is 0 Å². The molecular formula is C18H22N2O. The van der Waals surface area contributed by atoms with E-state index < -0.39 is 0 Å². The summed E-state index contributed by atoms with van der Waals surface area (Å²) in [4.78, 5) is 14.8. The van der Waals surface area contributed by atoms with Gasteiger partial charge in [-0.05, 0) is 51.0 Å². The van der Waals surface area contributed by atoms with E-state index in [4.69, 9.17) is 0 Å². The van der Waals surface area contributed by atoms with Gasteiger partial charge in [-0.3, -0.25) is 4.79 Å². The smallest absolute Gasteiger partial charge is 0.187 e. The Morgan fingerprint density at radius 2 is 1.90 bits per heavy atom. The maximum atomic E-state index is 12.5. The van der Waals surface area contributed by atoms with Crippen LogP contribution in [-0.4, -0.2) is 35.4 Å². The summed E-state index contributed by atoms with van der Waals surface area (Å²) in [6.45, 7) is 2.24. The summed E-state index contributed by atoms with van der Waals surface area (Å²) in [6, 6.07) is 8.06. The molecule has 1 aromatic carbocycles. The van der Waals surface area contributed by atoms with Gasteiger partial charge in [0.05, 0.1) is 0 Å². The van der Waals surface area contributed by atoms with Crippen molar-refractivity contribution in [1.29, 1.82) is 0 Å². The van der Waals surface area contributed by atoms with Gasteiger partial charge in [-0.25, -0.2) is 0 Å². The van der Waals surface area contributed by atoms with Crippen molar-refractivity contribution in [1.82, 2.24) is 9.47 Å². The Kier molecular flexibility index (Phi) is 3.93. The van der Waals surface area contributed by atoms with Gasteiger partial charge in [-0.2, -0.15) is 0 Å². The van der Waals surface area contributed by atoms with E-state index in [1.54, 1.807) is 6.08 Å². The number of fused-ring (bicyclic) bond motifs is 1. The topological polar surface area (TPSA) is 25.2 Å². The number of aromatic nitrogens is 1. The number of piperidine rings is 1. The summed E-state index contributed by atoms with van der Waals surface area (Å²) in [6.07, 6.45) is 8.12. The van der Waals surface area contributed by atoms with Crippen molar-refractivity contribution in [3.63, 3.8) is 0 Å². The first-order valence-corrected chi connectivity index (χ1v) is 7.60. The van der Waals surface area contributed by atoms with E-state index in [0.29, 0.717) is 5.92 Å². The molecule has 2 aromatic rings. The van der Waals surface area contributed by atoms with Crippen LogP contribution in [0.1, 0.15) is 23.2 Å². The largest absolute Gasteiger partial charge is 0.350 e. The molecule has 3 rings (SSSR count). The molecule has 1 aliphatic rings. The zero-order valence-electron chi connectivity index (χ0n) is 12.7. The minimum absolute atomic E-state index is 0.116. The van der Waals surface area contributed by atoms with Crippen molar-refractivity contribution in [2.24, 2.45) is 13.0 Å². The second-order valence-corrected chi connectivity index (χ2v) is 6.03. The van der Waals surface area contributed by atoms with E-state index in [9.17, 15) is 4.79 Å². The first-order valence-electron chi connectivity index (χ1n) is 7.60. The molecule has 0 bridgehead atoms. The summed E-state index contributed by atoms with van der Waals surface area (Å²) >= 11 is 0. The quantitative estimate of drug-likeness (QED) is 0.638. The molecule has 0 radical (unpaired) electrons. The van der Waals surface area contributed by atoms with Crippen molar-refractivity contribution < 1.29 is 4.79 Å². The maximum absolute atomic E-state index is 12.5. The molecule has 110 valence electrons. The molecule has 3 nitrogen and oxygen atoms in total. The molecule has 0 aliphatic carbocycles. The summed E-state index contributed by atoms with van der Waals surface area (Å²) in [5, 5.41) is 1.04. The standard InChI is InChI=1S/C18H22N2O/c1-19-11-9-14(10-12-19)7-8-18(21)16-13-20(2)17-6-4-3-5-15(16)17/h3-8,13-14H,9-12H2,1-2H3/b8-7+. The van der Waals surface area contributed by atoms with E-state index in [1.807, 2.05) is 42.1 Å². The SMILES string of the molecule is CN1CCC(/C=C/C(=O)c2cn(C)c3ccccc23)CC1. The third kappa shape index (κ3) is 2.93. The summed E-state index contributed by atoms with van der Waals surface area (Å²) < 4.78 is 2.02. The molecule has 0 atom stereocenters. The van der Waals surface area contributed by atoms with Crippen molar-refractivity contribution in [2.75, 3.05) is 20.1 Å². The van der Waals surface area contributed by atoms with E-state index in [2.05, 4.69) is 18.0 Å². The zero-order valence-corrected chi connectivity index (χ0v) is 12.7. The molecule has 1 saturated heterocycles. The maximum Gasteiger partial charge on any atom is 0.187 e. The van der Waals surface area contributed by atoms with E-state index in [0.717, 1.165) is 42.4 Å². The second kappa shape index (κ2) is 5.86. The lowest BCUT2D eigenvalue weighted by molar-refractivity contribution is 0.104. The Morgan fingerprint density at radius 1 is 1.19 bits per heavy atom. The molecule has 1 aliphatic heterocycles. The molecule has 0 N–H and O–H groups in total. The molecule has 1 aromatic heterocycles. The van der Waals surface area contributed by atoms with Gasteiger partial charge in [0.25, 0.3) is 0 Å². The van der Waals surface area contributed by atoms with Gasteiger partial charge < -0.3 is 9.47 Å². The Hall–Kier alpha value is -1.87. The highest BCUT2D eigenvalue weighted by Crippen LogP contribution is 2.22. The third-order valence-electron chi connectivity index (χ3n) is 4.45. The molecule has 0 amide bonds. The number of allylic oxidation sites excluding steroid dienone is 2. The van der Waals surface area contributed by atoms with Gasteiger partial charge in [0, 0.05) is 29.7 Å². The van der Waals surface area contributed by atoms with Crippen LogP contribution in [-0.2, 0) is 7.05 Å². The number of hydrogen-bond donors (Lipinski definition) is 0. The Balaban J connectivity index is 1.78. The van der Waals surface area contributed by atoms with Crippen LogP contribution >= 0.6 is 0 Å². The average Bonchev–Trinajstić information content (AvgIpc) is 2.84. The Labute approximate surface area is 125 Å². The van der Waals surface area contributed by atoms with E-state index >= 15 is 0 Å². The number of carbonyl (C=O) groups is 1. The molecule has 0 spiro atoms. The number of rotatable bonds is 3. The van der Waals surface area contributed by atoms with Crippen molar-refractivity contribution in [3.8, 4) is 0 Å². The highest BCUT2D eigenvalue weighted by molar-refractivity contribution is 6.13. The number of nitrogens with zero attached hydrogens (tertiary/aromatic N) is 2. The summed E-state index contributed by atoms with van der Waals surface area (Å²) in [7, 11) is 4.14. The number of hydrogen-bond acceptors (Lipinski definition) is 2. The molecule has 3 heteroatoms. The minimum atomic E-state index is 0.116. The van der Waals surface area contributed by atoms with Crippen LogP contribution in [0.25, 0.3) is 10.9 Å². The predicted octanol–water partition coefficient (Wildman–Crippen LogP) is 3.26. The number of ketones is 1. The van der Waals surface area contributed by atoms with E-state index in [-0.39, 0.29) is 5.78 Å². The second-order valence-electron chi connectivity index (χ2n) is 6.03. The summed E-state index contributed by atoms with van der Waals surface area (Å²) in [5.41, 5.74) is 1.91. The first-order chi connectivity index (χ1) is 10.1. The van der Waals surface area contributed by atoms with Gasteiger partial charge in [-0.1, -0.05) is 24.3 Å². The molecule has 2 heterocycles. The lowest BCUT2D eigenvalue weighted by atomic mass is 9.96. The molecular weight excluding hydrogens is 260 g/mol. The monoisotopic (exact) mass is 282 g/mol. The Morgan fingerprint density at radius 3 is 2.67 bits per heavy atom. The summed E-state index contributed by atoms with van der Waals surface area (Å²) in [5.74, 6) is 0.658. The minimum Gasteiger partial charge on any atom is -0.350 e. The van der Waals surface area contributed by atoms with Crippen LogP contribution in [0.4, 0.5) is 0 Å². The number of aryl methyl sites for hydroxylation is 1. The Bertz CT molecular complexity index is 676.